The van der Waals surface area contributed by atoms with Crippen molar-refractivity contribution in [3.63, 3.8) is 0 Å². The number of aryl methyl sites for hydroxylation is 2. The van der Waals surface area contributed by atoms with Crippen molar-refractivity contribution in [2.24, 2.45) is 0 Å². The fourth-order valence-electron chi connectivity index (χ4n) is 2.00. The summed E-state index contributed by atoms with van der Waals surface area (Å²) in [6.07, 6.45) is 0. The Hall–Kier alpha value is -1.17. The minimum atomic E-state index is -3.52. The Morgan fingerprint density at radius 3 is 2.19 bits per heavy atom. The molecular formula is C16H18BrNO2S. The van der Waals surface area contributed by atoms with E-state index in [2.05, 4.69) is 20.7 Å². The van der Waals surface area contributed by atoms with Crippen LogP contribution in [-0.4, -0.2) is 8.42 Å². The standard InChI is InChI=1S/C16H18BrNO2S/c1-11-4-9-16(10-12(11)2)21(19,20)18-13(3)14-5-7-15(17)8-6-14/h4-10,13,18H,1-3H3/t13-/m0/s1. The summed E-state index contributed by atoms with van der Waals surface area (Å²) in [5.41, 5.74) is 2.97. The van der Waals surface area contributed by atoms with E-state index >= 15 is 0 Å². The highest BCUT2D eigenvalue weighted by atomic mass is 79.9. The van der Waals surface area contributed by atoms with Crippen LogP contribution >= 0.6 is 15.9 Å². The number of hydrogen-bond donors (Lipinski definition) is 1. The molecule has 0 saturated carbocycles. The third-order valence-electron chi connectivity index (χ3n) is 3.49. The van der Waals surface area contributed by atoms with Crippen LogP contribution in [0.25, 0.3) is 0 Å². The normalized spacial score (nSPS) is 13.1. The summed E-state index contributed by atoms with van der Waals surface area (Å²) in [6, 6.07) is 12.5. The van der Waals surface area contributed by atoms with E-state index in [9.17, 15) is 8.42 Å². The number of sulfonamides is 1. The molecule has 0 aliphatic heterocycles. The lowest BCUT2D eigenvalue weighted by Crippen LogP contribution is -2.27. The molecule has 3 nitrogen and oxygen atoms in total. The molecule has 5 heteroatoms. The number of benzene rings is 2. The van der Waals surface area contributed by atoms with Gasteiger partial charge in [0.05, 0.1) is 4.90 Å². The third-order valence-corrected chi connectivity index (χ3v) is 5.56. The minimum Gasteiger partial charge on any atom is -0.207 e. The molecule has 0 bridgehead atoms. The highest BCUT2D eigenvalue weighted by molar-refractivity contribution is 9.10. The Morgan fingerprint density at radius 1 is 1.00 bits per heavy atom. The summed E-state index contributed by atoms with van der Waals surface area (Å²) < 4.78 is 28.5. The van der Waals surface area contributed by atoms with Gasteiger partial charge in [0.1, 0.15) is 0 Å². The molecule has 0 aliphatic carbocycles. The fourth-order valence-corrected chi connectivity index (χ4v) is 3.58. The first-order chi connectivity index (χ1) is 9.79. The molecule has 1 atom stereocenters. The van der Waals surface area contributed by atoms with Gasteiger partial charge < -0.3 is 0 Å². The Morgan fingerprint density at radius 2 is 1.62 bits per heavy atom. The van der Waals surface area contributed by atoms with Crippen molar-refractivity contribution in [3.8, 4) is 0 Å². The van der Waals surface area contributed by atoms with Gasteiger partial charge >= 0.3 is 0 Å². The van der Waals surface area contributed by atoms with Crippen LogP contribution in [0.1, 0.15) is 29.7 Å². The predicted octanol–water partition coefficient (Wildman–Crippen LogP) is 4.11. The van der Waals surface area contributed by atoms with E-state index in [1.165, 1.54) is 0 Å². The second kappa shape index (κ2) is 6.30. The molecule has 0 aromatic heterocycles. The Labute approximate surface area is 134 Å². The van der Waals surface area contributed by atoms with Crippen molar-refractivity contribution in [3.05, 3.63) is 63.6 Å². The number of hydrogen-bond acceptors (Lipinski definition) is 2. The summed E-state index contributed by atoms with van der Waals surface area (Å²) in [7, 11) is -3.52. The van der Waals surface area contributed by atoms with Crippen LogP contribution in [0.4, 0.5) is 0 Å². The average Bonchev–Trinajstić information content (AvgIpc) is 2.42. The topological polar surface area (TPSA) is 46.2 Å². The van der Waals surface area contributed by atoms with Crippen molar-refractivity contribution in [2.45, 2.75) is 31.7 Å². The molecule has 1 N–H and O–H groups in total. The number of nitrogens with one attached hydrogen (secondary N) is 1. The number of rotatable bonds is 4. The first kappa shape index (κ1) is 16.2. The zero-order chi connectivity index (χ0) is 15.6. The zero-order valence-electron chi connectivity index (χ0n) is 12.2. The SMILES string of the molecule is Cc1ccc(S(=O)(=O)N[C@@H](C)c2ccc(Br)cc2)cc1C. The van der Waals surface area contributed by atoms with Crippen LogP contribution in [0.2, 0.25) is 0 Å². The van der Waals surface area contributed by atoms with E-state index in [0.717, 1.165) is 21.2 Å². The van der Waals surface area contributed by atoms with Crippen molar-refractivity contribution in [1.29, 1.82) is 0 Å². The van der Waals surface area contributed by atoms with Crippen molar-refractivity contribution < 1.29 is 8.42 Å². The molecule has 0 aliphatic rings. The van der Waals surface area contributed by atoms with Crippen LogP contribution in [0.5, 0.6) is 0 Å². The van der Waals surface area contributed by atoms with Crippen LogP contribution in [0.15, 0.2) is 51.8 Å². The van der Waals surface area contributed by atoms with Gasteiger partial charge in [0.25, 0.3) is 0 Å². The van der Waals surface area contributed by atoms with Crippen LogP contribution < -0.4 is 4.72 Å². The van der Waals surface area contributed by atoms with Gasteiger partial charge in [-0.15, -0.1) is 0 Å². The maximum absolute atomic E-state index is 12.4. The molecule has 0 unspecified atom stereocenters. The summed E-state index contributed by atoms with van der Waals surface area (Å²) in [6.45, 7) is 5.71. The Bertz CT molecular complexity index is 739. The average molecular weight is 368 g/mol. The first-order valence-electron chi connectivity index (χ1n) is 6.64. The van der Waals surface area contributed by atoms with Gasteiger partial charge in [-0.1, -0.05) is 34.1 Å². The summed E-state index contributed by atoms with van der Waals surface area (Å²) in [4.78, 5) is 0.301. The molecule has 2 aromatic carbocycles. The van der Waals surface area contributed by atoms with Gasteiger partial charge in [0, 0.05) is 10.5 Å². The molecule has 112 valence electrons. The quantitative estimate of drug-likeness (QED) is 0.883. The van der Waals surface area contributed by atoms with Gasteiger partial charge in [0.2, 0.25) is 10.0 Å². The molecule has 21 heavy (non-hydrogen) atoms. The van der Waals surface area contributed by atoms with Gasteiger partial charge in [-0.25, -0.2) is 13.1 Å². The second-order valence-electron chi connectivity index (χ2n) is 5.14. The minimum absolute atomic E-state index is 0.287. The Balaban J connectivity index is 2.24. The smallest absolute Gasteiger partial charge is 0.207 e. The molecule has 2 aromatic rings. The van der Waals surface area contributed by atoms with Gasteiger partial charge in [0.15, 0.2) is 0 Å². The maximum Gasteiger partial charge on any atom is 0.241 e. The third kappa shape index (κ3) is 3.93. The van der Waals surface area contributed by atoms with E-state index in [-0.39, 0.29) is 6.04 Å². The van der Waals surface area contributed by atoms with Crippen molar-refractivity contribution in [1.82, 2.24) is 4.72 Å². The van der Waals surface area contributed by atoms with Gasteiger partial charge in [-0.2, -0.15) is 0 Å². The monoisotopic (exact) mass is 367 g/mol. The van der Waals surface area contributed by atoms with Crippen LogP contribution in [0.3, 0.4) is 0 Å². The highest BCUT2D eigenvalue weighted by Gasteiger charge is 2.18. The summed E-state index contributed by atoms with van der Waals surface area (Å²) >= 11 is 3.37. The van der Waals surface area contributed by atoms with E-state index in [0.29, 0.717) is 4.90 Å². The molecule has 0 amide bonds. The van der Waals surface area contributed by atoms with Crippen LogP contribution in [-0.2, 0) is 10.0 Å². The molecular weight excluding hydrogens is 350 g/mol. The van der Waals surface area contributed by atoms with Crippen molar-refractivity contribution in [2.75, 3.05) is 0 Å². The Kier molecular flexibility index (Phi) is 4.86. The largest absolute Gasteiger partial charge is 0.241 e. The van der Waals surface area contributed by atoms with Gasteiger partial charge in [-0.05, 0) is 61.7 Å². The second-order valence-corrected chi connectivity index (χ2v) is 7.77. The lowest BCUT2D eigenvalue weighted by Gasteiger charge is -2.15. The van der Waals surface area contributed by atoms with E-state index in [4.69, 9.17) is 0 Å². The zero-order valence-corrected chi connectivity index (χ0v) is 14.6. The predicted molar refractivity (Wildman–Crippen MR) is 88.8 cm³/mol. The first-order valence-corrected chi connectivity index (χ1v) is 8.92. The van der Waals surface area contributed by atoms with Crippen molar-refractivity contribution >= 4 is 26.0 Å². The highest BCUT2D eigenvalue weighted by Crippen LogP contribution is 2.20. The van der Waals surface area contributed by atoms with Crippen LogP contribution in [0, 0.1) is 13.8 Å². The summed E-state index contributed by atoms with van der Waals surface area (Å²) in [5.74, 6) is 0. The van der Waals surface area contributed by atoms with E-state index in [1.807, 2.05) is 51.1 Å². The molecule has 2 rings (SSSR count). The van der Waals surface area contributed by atoms with E-state index in [1.54, 1.807) is 12.1 Å². The molecule has 0 spiro atoms. The van der Waals surface area contributed by atoms with E-state index < -0.39 is 10.0 Å². The maximum atomic E-state index is 12.4. The molecule has 0 fully saturated rings. The fraction of sp³-hybridized carbons (Fsp3) is 0.250. The lowest BCUT2D eigenvalue weighted by atomic mass is 10.1. The molecule has 0 radical (unpaired) electrons. The number of halogens is 1. The van der Waals surface area contributed by atoms with Gasteiger partial charge in [-0.3, -0.25) is 0 Å². The summed E-state index contributed by atoms with van der Waals surface area (Å²) in [5, 5.41) is 0. The molecule has 0 saturated heterocycles. The molecule has 0 heterocycles. The lowest BCUT2D eigenvalue weighted by molar-refractivity contribution is 0.567.